The molecule has 116 valence electrons. The Bertz CT molecular complexity index is 468. The maximum Gasteiger partial charge on any atom is 0.225 e. The van der Waals surface area contributed by atoms with Crippen LogP contribution >= 0.6 is 0 Å². The first-order valence-corrected chi connectivity index (χ1v) is 7.39. The van der Waals surface area contributed by atoms with Crippen LogP contribution in [0.2, 0.25) is 0 Å². The standard InChI is InChI=1S/C16H24N2O3/c1-12-10-18(11-13(2)21-12)9-8-16(19)17-14-6-4-5-7-15(14)20-3/h4-7,12-13H,8-11H2,1-3H3,(H,17,19)/t12-,13-/m0/s1. The van der Waals surface area contributed by atoms with E-state index in [1.165, 1.54) is 0 Å². The Morgan fingerprint density at radius 2 is 2.00 bits per heavy atom. The average molecular weight is 292 g/mol. The van der Waals surface area contributed by atoms with Gasteiger partial charge in [0.1, 0.15) is 5.75 Å². The van der Waals surface area contributed by atoms with E-state index < -0.39 is 0 Å². The summed E-state index contributed by atoms with van der Waals surface area (Å²) in [6.45, 7) is 6.65. The number of methoxy groups -OCH3 is 1. The van der Waals surface area contributed by atoms with Gasteiger partial charge in [0.05, 0.1) is 25.0 Å². The van der Waals surface area contributed by atoms with Crippen molar-refractivity contribution in [1.29, 1.82) is 0 Å². The van der Waals surface area contributed by atoms with E-state index in [0.717, 1.165) is 19.6 Å². The molecule has 1 amide bonds. The molecular formula is C16H24N2O3. The van der Waals surface area contributed by atoms with Crippen molar-refractivity contribution < 1.29 is 14.3 Å². The second kappa shape index (κ2) is 7.43. The highest BCUT2D eigenvalue weighted by Gasteiger charge is 2.22. The van der Waals surface area contributed by atoms with Crippen molar-refractivity contribution in [2.24, 2.45) is 0 Å². The molecule has 0 radical (unpaired) electrons. The van der Waals surface area contributed by atoms with Gasteiger partial charge in [0, 0.05) is 26.1 Å². The summed E-state index contributed by atoms with van der Waals surface area (Å²) < 4.78 is 10.9. The van der Waals surface area contributed by atoms with E-state index in [1.807, 2.05) is 24.3 Å². The number of carbonyl (C=O) groups is 1. The van der Waals surface area contributed by atoms with Crippen molar-refractivity contribution in [2.45, 2.75) is 32.5 Å². The summed E-state index contributed by atoms with van der Waals surface area (Å²) >= 11 is 0. The van der Waals surface area contributed by atoms with E-state index in [2.05, 4.69) is 24.1 Å². The lowest BCUT2D eigenvalue weighted by atomic mass is 10.2. The number of amides is 1. The minimum atomic E-state index is 0.00583. The van der Waals surface area contributed by atoms with Crippen molar-refractivity contribution in [2.75, 3.05) is 32.1 Å². The number of morpholine rings is 1. The number of benzene rings is 1. The van der Waals surface area contributed by atoms with E-state index in [9.17, 15) is 4.79 Å². The number of nitrogens with one attached hydrogen (secondary N) is 1. The summed E-state index contributed by atoms with van der Waals surface area (Å²) in [5, 5.41) is 2.90. The zero-order chi connectivity index (χ0) is 15.2. The highest BCUT2D eigenvalue weighted by molar-refractivity contribution is 5.92. The second-order valence-electron chi connectivity index (χ2n) is 5.52. The lowest BCUT2D eigenvalue weighted by Gasteiger charge is -2.35. The van der Waals surface area contributed by atoms with Crippen LogP contribution in [0.15, 0.2) is 24.3 Å². The molecule has 5 nitrogen and oxygen atoms in total. The summed E-state index contributed by atoms with van der Waals surface area (Å²) in [6.07, 6.45) is 0.925. The Hall–Kier alpha value is -1.59. The minimum Gasteiger partial charge on any atom is -0.495 e. The number of anilines is 1. The SMILES string of the molecule is COc1ccccc1NC(=O)CCN1C[C@H](C)O[C@@H](C)C1. The maximum atomic E-state index is 12.1. The van der Waals surface area contributed by atoms with Gasteiger partial charge < -0.3 is 14.8 Å². The van der Waals surface area contributed by atoms with Crippen molar-refractivity contribution in [3.63, 3.8) is 0 Å². The Morgan fingerprint density at radius 1 is 1.33 bits per heavy atom. The molecule has 1 aromatic rings. The molecule has 0 unspecified atom stereocenters. The average Bonchev–Trinajstić information content (AvgIpc) is 2.45. The molecule has 1 aromatic carbocycles. The molecule has 1 heterocycles. The first kappa shape index (κ1) is 15.8. The van der Waals surface area contributed by atoms with Crippen molar-refractivity contribution in [3.05, 3.63) is 24.3 Å². The normalized spacial score (nSPS) is 22.8. The maximum absolute atomic E-state index is 12.1. The van der Waals surface area contributed by atoms with Crippen molar-refractivity contribution in [1.82, 2.24) is 4.90 Å². The van der Waals surface area contributed by atoms with Gasteiger partial charge in [-0.3, -0.25) is 9.69 Å². The first-order chi connectivity index (χ1) is 10.1. The number of nitrogens with zero attached hydrogens (tertiary/aromatic N) is 1. The summed E-state index contributed by atoms with van der Waals surface area (Å²) in [6, 6.07) is 7.44. The fourth-order valence-corrected chi connectivity index (χ4v) is 2.69. The molecule has 1 aliphatic heterocycles. The van der Waals surface area contributed by atoms with E-state index in [0.29, 0.717) is 17.9 Å². The van der Waals surface area contributed by atoms with Crippen LogP contribution in [-0.2, 0) is 9.53 Å². The fraction of sp³-hybridized carbons (Fsp3) is 0.562. The molecule has 1 N–H and O–H groups in total. The fourth-order valence-electron chi connectivity index (χ4n) is 2.69. The molecule has 0 bridgehead atoms. The molecule has 1 fully saturated rings. The Morgan fingerprint density at radius 3 is 2.67 bits per heavy atom. The van der Waals surface area contributed by atoms with Crippen molar-refractivity contribution >= 4 is 11.6 Å². The second-order valence-corrected chi connectivity index (χ2v) is 5.52. The number of ether oxygens (including phenoxy) is 2. The minimum absolute atomic E-state index is 0.00583. The number of carbonyl (C=O) groups excluding carboxylic acids is 1. The van der Waals surface area contributed by atoms with Crippen LogP contribution in [0.25, 0.3) is 0 Å². The van der Waals surface area contributed by atoms with Gasteiger partial charge in [-0.15, -0.1) is 0 Å². The molecule has 0 spiro atoms. The molecule has 2 rings (SSSR count). The van der Waals surface area contributed by atoms with Gasteiger partial charge in [-0.1, -0.05) is 12.1 Å². The van der Waals surface area contributed by atoms with Crippen LogP contribution in [0.5, 0.6) is 5.75 Å². The van der Waals surface area contributed by atoms with Crippen LogP contribution in [-0.4, -0.2) is 49.8 Å². The van der Waals surface area contributed by atoms with Crippen LogP contribution in [0.3, 0.4) is 0 Å². The van der Waals surface area contributed by atoms with Crippen LogP contribution < -0.4 is 10.1 Å². The molecule has 1 saturated heterocycles. The van der Waals surface area contributed by atoms with E-state index in [-0.39, 0.29) is 18.1 Å². The first-order valence-electron chi connectivity index (χ1n) is 7.39. The van der Waals surface area contributed by atoms with Crippen LogP contribution in [0, 0.1) is 0 Å². The molecule has 0 aliphatic carbocycles. The third kappa shape index (κ3) is 4.72. The molecule has 2 atom stereocenters. The highest BCUT2D eigenvalue weighted by atomic mass is 16.5. The van der Waals surface area contributed by atoms with Gasteiger partial charge in [-0.25, -0.2) is 0 Å². The Kier molecular flexibility index (Phi) is 5.59. The predicted molar refractivity (Wildman–Crippen MR) is 82.7 cm³/mol. The molecule has 21 heavy (non-hydrogen) atoms. The third-order valence-electron chi connectivity index (χ3n) is 3.53. The lowest BCUT2D eigenvalue weighted by Crippen LogP contribution is -2.46. The van der Waals surface area contributed by atoms with Gasteiger partial charge >= 0.3 is 0 Å². The Balaban J connectivity index is 1.82. The number of rotatable bonds is 5. The summed E-state index contributed by atoms with van der Waals surface area (Å²) in [5.74, 6) is 0.686. The molecule has 5 heteroatoms. The number of para-hydroxylation sites is 2. The van der Waals surface area contributed by atoms with Crippen molar-refractivity contribution in [3.8, 4) is 5.75 Å². The van der Waals surface area contributed by atoms with Crippen LogP contribution in [0.4, 0.5) is 5.69 Å². The summed E-state index contributed by atoms with van der Waals surface area (Å²) in [5.41, 5.74) is 0.716. The number of hydrogen-bond acceptors (Lipinski definition) is 4. The van der Waals surface area contributed by atoms with Gasteiger partial charge in [-0.05, 0) is 26.0 Å². The van der Waals surface area contributed by atoms with Gasteiger partial charge in [0.15, 0.2) is 0 Å². The molecule has 1 aliphatic rings. The molecule has 0 aromatic heterocycles. The van der Waals surface area contributed by atoms with Gasteiger partial charge in [0.2, 0.25) is 5.91 Å². The molecule has 0 saturated carbocycles. The highest BCUT2D eigenvalue weighted by Crippen LogP contribution is 2.23. The lowest BCUT2D eigenvalue weighted by molar-refractivity contribution is -0.117. The smallest absolute Gasteiger partial charge is 0.225 e. The quantitative estimate of drug-likeness (QED) is 0.903. The van der Waals surface area contributed by atoms with E-state index in [4.69, 9.17) is 9.47 Å². The number of hydrogen-bond donors (Lipinski definition) is 1. The topological polar surface area (TPSA) is 50.8 Å². The van der Waals surface area contributed by atoms with E-state index in [1.54, 1.807) is 7.11 Å². The summed E-state index contributed by atoms with van der Waals surface area (Å²) in [7, 11) is 1.60. The van der Waals surface area contributed by atoms with Gasteiger partial charge in [-0.2, -0.15) is 0 Å². The van der Waals surface area contributed by atoms with Gasteiger partial charge in [0.25, 0.3) is 0 Å². The largest absolute Gasteiger partial charge is 0.495 e. The third-order valence-corrected chi connectivity index (χ3v) is 3.53. The molecular weight excluding hydrogens is 268 g/mol. The zero-order valence-corrected chi connectivity index (χ0v) is 13.0. The summed E-state index contributed by atoms with van der Waals surface area (Å²) in [4.78, 5) is 14.3. The predicted octanol–water partition coefficient (Wildman–Crippen LogP) is 2.13. The van der Waals surface area contributed by atoms with E-state index >= 15 is 0 Å². The van der Waals surface area contributed by atoms with Crippen LogP contribution in [0.1, 0.15) is 20.3 Å². The monoisotopic (exact) mass is 292 g/mol. The zero-order valence-electron chi connectivity index (χ0n) is 13.0. The Labute approximate surface area is 126 Å².